The molecule has 1 heterocycles. The average Bonchev–Trinajstić information content (AvgIpc) is 2.44. The second kappa shape index (κ2) is 6.27. The Morgan fingerprint density at radius 1 is 1.45 bits per heavy atom. The predicted molar refractivity (Wildman–Crippen MR) is 71.9 cm³/mol. The van der Waals surface area contributed by atoms with E-state index < -0.39 is 12.1 Å². The molecule has 1 atom stereocenters. The van der Waals surface area contributed by atoms with E-state index in [1.165, 1.54) is 0 Å². The molecule has 6 heteroatoms. The maximum Gasteiger partial charge on any atom is 0.347 e. The Bertz CT molecular complexity index is 514. The summed E-state index contributed by atoms with van der Waals surface area (Å²) in [5.41, 5.74) is 0.539. The monoisotopic (exact) mass is 279 g/mol. The molecule has 1 unspecified atom stereocenters. The van der Waals surface area contributed by atoms with Gasteiger partial charge in [0.1, 0.15) is 11.5 Å². The van der Waals surface area contributed by atoms with Crippen molar-refractivity contribution in [2.45, 2.75) is 26.4 Å². The van der Waals surface area contributed by atoms with Crippen molar-refractivity contribution >= 4 is 17.6 Å². The van der Waals surface area contributed by atoms with Gasteiger partial charge < -0.3 is 19.5 Å². The normalized spacial score (nSPS) is 14.6. The van der Waals surface area contributed by atoms with Gasteiger partial charge in [0.05, 0.1) is 12.3 Å². The molecule has 108 valence electrons. The van der Waals surface area contributed by atoms with Gasteiger partial charge in [-0.1, -0.05) is 6.92 Å². The smallest absolute Gasteiger partial charge is 0.347 e. The van der Waals surface area contributed by atoms with Crippen molar-refractivity contribution in [1.29, 1.82) is 0 Å². The number of carbonyl (C=O) groups is 2. The van der Waals surface area contributed by atoms with Crippen LogP contribution in [0.25, 0.3) is 0 Å². The van der Waals surface area contributed by atoms with Gasteiger partial charge in [0.2, 0.25) is 0 Å². The fourth-order valence-electron chi connectivity index (χ4n) is 1.83. The van der Waals surface area contributed by atoms with Crippen LogP contribution in [0.4, 0.5) is 5.69 Å². The fourth-order valence-corrected chi connectivity index (χ4v) is 1.83. The van der Waals surface area contributed by atoms with Crippen LogP contribution in [0.2, 0.25) is 0 Å². The number of ether oxygens (including phenoxy) is 3. The van der Waals surface area contributed by atoms with Gasteiger partial charge in [0.25, 0.3) is 5.91 Å². The van der Waals surface area contributed by atoms with Crippen molar-refractivity contribution in [3.8, 4) is 11.5 Å². The lowest BCUT2D eigenvalue weighted by Crippen LogP contribution is -2.29. The van der Waals surface area contributed by atoms with Crippen LogP contribution >= 0.6 is 0 Å². The van der Waals surface area contributed by atoms with E-state index in [2.05, 4.69) is 5.32 Å². The molecule has 6 nitrogen and oxygen atoms in total. The molecule has 0 aromatic heterocycles. The second-order valence-corrected chi connectivity index (χ2v) is 4.26. The van der Waals surface area contributed by atoms with Crippen molar-refractivity contribution in [3.05, 3.63) is 18.2 Å². The summed E-state index contributed by atoms with van der Waals surface area (Å²) in [5, 5.41) is 2.69. The zero-order chi connectivity index (χ0) is 14.5. The number of rotatable bonds is 5. The summed E-state index contributed by atoms with van der Waals surface area (Å²) in [6.07, 6.45) is -0.160. The molecule has 1 N–H and O–H groups in total. The Kier molecular flexibility index (Phi) is 4.45. The summed E-state index contributed by atoms with van der Waals surface area (Å²) in [5.74, 6) is 0.454. The van der Waals surface area contributed by atoms with E-state index in [1.807, 2.05) is 6.92 Å². The molecule has 0 radical (unpaired) electrons. The number of carbonyl (C=O) groups excluding carboxylic acids is 2. The molecule has 0 fully saturated rings. The van der Waals surface area contributed by atoms with Crippen molar-refractivity contribution < 1.29 is 23.8 Å². The van der Waals surface area contributed by atoms with Gasteiger partial charge in [-0.05, 0) is 25.5 Å². The molecule has 1 aliphatic heterocycles. The molecule has 20 heavy (non-hydrogen) atoms. The SMILES string of the molecule is CCOC(=O)C(CC)Oc1ccc2c(c1)NC(=O)CO2. The van der Waals surface area contributed by atoms with E-state index in [1.54, 1.807) is 25.1 Å². The Labute approximate surface area is 117 Å². The quantitative estimate of drug-likeness (QED) is 0.831. The first kappa shape index (κ1) is 14.2. The lowest BCUT2D eigenvalue weighted by Gasteiger charge is -2.20. The van der Waals surface area contributed by atoms with Crippen LogP contribution < -0.4 is 14.8 Å². The molecular formula is C14H17NO5. The summed E-state index contributed by atoms with van der Waals surface area (Å²) in [7, 11) is 0. The van der Waals surface area contributed by atoms with Crippen LogP contribution in [0.5, 0.6) is 11.5 Å². The van der Waals surface area contributed by atoms with Gasteiger partial charge in [-0.2, -0.15) is 0 Å². The number of anilines is 1. The zero-order valence-electron chi connectivity index (χ0n) is 11.5. The number of hydrogen-bond acceptors (Lipinski definition) is 5. The largest absolute Gasteiger partial charge is 0.482 e. The molecule has 0 bridgehead atoms. The van der Waals surface area contributed by atoms with Gasteiger partial charge in [-0.3, -0.25) is 4.79 Å². The van der Waals surface area contributed by atoms with Crippen molar-refractivity contribution in [2.24, 2.45) is 0 Å². The minimum atomic E-state index is -0.659. The molecule has 2 rings (SSSR count). The van der Waals surface area contributed by atoms with Crippen molar-refractivity contribution in [3.63, 3.8) is 0 Å². The van der Waals surface area contributed by atoms with E-state index in [0.717, 1.165) is 0 Å². The van der Waals surface area contributed by atoms with Crippen molar-refractivity contribution in [2.75, 3.05) is 18.5 Å². The third-order valence-electron chi connectivity index (χ3n) is 2.78. The lowest BCUT2D eigenvalue weighted by atomic mass is 10.2. The third-order valence-corrected chi connectivity index (χ3v) is 2.78. The van der Waals surface area contributed by atoms with E-state index in [-0.39, 0.29) is 12.5 Å². The topological polar surface area (TPSA) is 73.9 Å². The molecule has 1 aromatic rings. The third kappa shape index (κ3) is 3.20. The molecule has 1 aliphatic rings. The fraction of sp³-hybridized carbons (Fsp3) is 0.429. The molecular weight excluding hydrogens is 262 g/mol. The summed E-state index contributed by atoms with van der Waals surface area (Å²) in [4.78, 5) is 22.9. The van der Waals surface area contributed by atoms with Crippen LogP contribution in [0.15, 0.2) is 18.2 Å². The Hall–Kier alpha value is -2.24. The maximum absolute atomic E-state index is 11.7. The van der Waals surface area contributed by atoms with E-state index in [4.69, 9.17) is 14.2 Å². The van der Waals surface area contributed by atoms with Gasteiger partial charge in [-0.25, -0.2) is 4.79 Å². The highest BCUT2D eigenvalue weighted by atomic mass is 16.6. The Balaban J connectivity index is 2.11. The number of nitrogens with one attached hydrogen (secondary N) is 1. The summed E-state index contributed by atoms with van der Waals surface area (Å²) in [6, 6.07) is 5.02. The number of amides is 1. The van der Waals surface area contributed by atoms with Crippen LogP contribution in [-0.4, -0.2) is 31.2 Å². The minimum absolute atomic E-state index is 0.00755. The number of benzene rings is 1. The highest BCUT2D eigenvalue weighted by molar-refractivity contribution is 5.95. The van der Waals surface area contributed by atoms with E-state index in [0.29, 0.717) is 30.2 Å². The average molecular weight is 279 g/mol. The summed E-state index contributed by atoms with van der Waals surface area (Å²) >= 11 is 0. The van der Waals surface area contributed by atoms with Gasteiger partial charge >= 0.3 is 5.97 Å². The Morgan fingerprint density at radius 3 is 2.95 bits per heavy atom. The molecule has 0 spiro atoms. The first-order chi connectivity index (χ1) is 9.63. The van der Waals surface area contributed by atoms with Gasteiger partial charge in [0.15, 0.2) is 12.7 Å². The van der Waals surface area contributed by atoms with E-state index in [9.17, 15) is 9.59 Å². The predicted octanol–water partition coefficient (Wildman–Crippen LogP) is 1.74. The molecule has 1 aromatic carbocycles. The number of fused-ring (bicyclic) bond motifs is 1. The van der Waals surface area contributed by atoms with E-state index >= 15 is 0 Å². The van der Waals surface area contributed by atoms with Crippen LogP contribution in [0, 0.1) is 0 Å². The molecule has 0 saturated carbocycles. The maximum atomic E-state index is 11.7. The van der Waals surface area contributed by atoms with Crippen LogP contribution in [-0.2, 0) is 14.3 Å². The summed E-state index contributed by atoms with van der Waals surface area (Å²) in [6.45, 7) is 3.90. The Morgan fingerprint density at radius 2 is 2.25 bits per heavy atom. The minimum Gasteiger partial charge on any atom is -0.482 e. The highest BCUT2D eigenvalue weighted by Gasteiger charge is 2.21. The zero-order valence-corrected chi connectivity index (χ0v) is 11.5. The molecule has 0 aliphatic carbocycles. The molecule has 1 amide bonds. The number of hydrogen-bond donors (Lipinski definition) is 1. The molecule has 0 saturated heterocycles. The highest BCUT2D eigenvalue weighted by Crippen LogP contribution is 2.32. The van der Waals surface area contributed by atoms with Gasteiger partial charge in [0, 0.05) is 6.07 Å². The van der Waals surface area contributed by atoms with Crippen molar-refractivity contribution in [1.82, 2.24) is 0 Å². The first-order valence-corrected chi connectivity index (χ1v) is 6.54. The number of esters is 1. The lowest BCUT2D eigenvalue weighted by molar-refractivity contribution is -0.151. The van der Waals surface area contributed by atoms with Crippen LogP contribution in [0.1, 0.15) is 20.3 Å². The van der Waals surface area contributed by atoms with Gasteiger partial charge in [-0.15, -0.1) is 0 Å². The first-order valence-electron chi connectivity index (χ1n) is 6.54. The van der Waals surface area contributed by atoms with Crippen LogP contribution in [0.3, 0.4) is 0 Å². The standard InChI is InChI=1S/C14H17NO5/c1-3-11(14(17)18-4-2)20-9-5-6-12-10(7-9)15-13(16)8-19-12/h5-7,11H,3-4,8H2,1-2H3,(H,15,16). The second-order valence-electron chi connectivity index (χ2n) is 4.26. The summed E-state index contributed by atoms with van der Waals surface area (Å²) < 4.78 is 15.8.